The maximum atomic E-state index is 10.7. The largest absolute Gasteiger partial charge is 0.373 e. The summed E-state index contributed by atoms with van der Waals surface area (Å²) >= 11 is 0. The molecule has 1 aromatic heterocycles. The third-order valence-corrected chi connectivity index (χ3v) is 5.16. The van der Waals surface area contributed by atoms with Crippen LogP contribution in [0, 0.1) is 4.91 Å². The molecule has 2 rings (SSSR count). The van der Waals surface area contributed by atoms with Crippen LogP contribution in [0.1, 0.15) is 39.2 Å². The highest BCUT2D eigenvalue weighted by Crippen LogP contribution is 2.38. The molecule has 0 aliphatic heterocycles. The molecule has 0 aromatic carbocycles. The third-order valence-electron chi connectivity index (χ3n) is 5.16. The smallest absolute Gasteiger partial charge is 0.209 e. The second-order valence-electron chi connectivity index (χ2n) is 8.22. The van der Waals surface area contributed by atoms with Gasteiger partial charge in [-0.05, 0) is 25.8 Å². The highest BCUT2D eigenvalue weighted by Gasteiger charge is 2.38. The second kappa shape index (κ2) is 18.4. The third kappa shape index (κ3) is 12.6. The molecule has 0 radical (unpaired) electrons. The second-order valence-corrected chi connectivity index (χ2v) is 8.22. The summed E-state index contributed by atoms with van der Waals surface area (Å²) in [5.74, 6) is 1.48. The Kier molecular flexibility index (Phi) is 16.5. The fraction of sp³-hybridized carbons (Fsp3) is 0.481. The van der Waals surface area contributed by atoms with Gasteiger partial charge in [-0.15, -0.1) is 0 Å². The van der Waals surface area contributed by atoms with E-state index in [0.717, 1.165) is 47.8 Å². The van der Waals surface area contributed by atoms with Gasteiger partial charge in [-0.1, -0.05) is 49.9 Å². The van der Waals surface area contributed by atoms with Gasteiger partial charge in [0.25, 0.3) is 0 Å². The zero-order valence-electron chi connectivity index (χ0n) is 23.7. The predicted molar refractivity (Wildman–Crippen MR) is 160 cm³/mol. The Morgan fingerprint density at radius 3 is 2.38 bits per heavy atom. The Morgan fingerprint density at radius 1 is 1.24 bits per heavy atom. The SMILES string of the molecule is C=Cc1c(N(C)C=NC)cc(NC)nc1NC/C=C/C=C\C(CN(C)C=O)=NC.CC.CC1(N=O)CC1. The average molecular weight is 513 g/mol. The summed E-state index contributed by atoms with van der Waals surface area (Å²) in [5.41, 5.74) is 2.52. The maximum Gasteiger partial charge on any atom is 0.209 e. The van der Waals surface area contributed by atoms with Gasteiger partial charge < -0.3 is 20.4 Å². The van der Waals surface area contributed by atoms with Gasteiger partial charge in [0, 0.05) is 53.4 Å². The van der Waals surface area contributed by atoms with E-state index in [2.05, 4.69) is 37.4 Å². The number of amides is 1. The Bertz CT molecular complexity index is 965. The van der Waals surface area contributed by atoms with Gasteiger partial charge in [0.15, 0.2) is 0 Å². The van der Waals surface area contributed by atoms with Crippen LogP contribution in [0.15, 0.2) is 52.1 Å². The number of carbonyl (C=O) groups excluding carboxylic acids is 1. The Balaban J connectivity index is 0.00000138. The molecule has 1 amide bonds. The molecule has 0 unspecified atom stereocenters. The number of aromatic nitrogens is 1. The first-order valence-electron chi connectivity index (χ1n) is 12.3. The van der Waals surface area contributed by atoms with Crippen LogP contribution in [0.5, 0.6) is 0 Å². The van der Waals surface area contributed by atoms with E-state index >= 15 is 0 Å². The van der Waals surface area contributed by atoms with Crippen LogP contribution in [0.4, 0.5) is 17.3 Å². The molecule has 2 N–H and O–H groups in total. The van der Waals surface area contributed by atoms with Crippen LogP contribution in [-0.2, 0) is 4.79 Å². The van der Waals surface area contributed by atoms with Gasteiger partial charge in [0.05, 0.1) is 24.3 Å². The monoisotopic (exact) mass is 512 g/mol. The van der Waals surface area contributed by atoms with Gasteiger partial charge >= 0.3 is 0 Å². The molecule has 0 bridgehead atoms. The molecule has 1 aliphatic carbocycles. The highest BCUT2D eigenvalue weighted by molar-refractivity contribution is 5.97. The lowest BCUT2D eigenvalue weighted by atomic mass is 10.2. The minimum atomic E-state index is -0.139. The first kappa shape index (κ1) is 33.2. The highest BCUT2D eigenvalue weighted by atomic mass is 16.3. The lowest BCUT2D eigenvalue weighted by Gasteiger charge is -2.20. The summed E-state index contributed by atoms with van der Waals surface area (Å²) in [5, 5.41) is 9.28. The van der Waals surface area contributed by atoms with E-state index in [1.54, 1.807) is 33.6 Å². The molecule has 0 atom stereocenters. The van der Waals surface area contributed by atoms with Crippen molar-refractivity contribution in [3.8, 4) is 0 Å². The molecule has 1 heterocycles. The van der Waals surface area contributed by atoms with Gasteiger partial charge in [0.2, 0.25) is 6.41 Å². The van der Waals surface area contributed by atoms with E-state index in [1.807, 2.05) is 70.1 Å². The molecule has 1 aliphatic rings. The fourth-order valence-electron chi connectivity index (χ4n) is 2.76. The quantitative estimate of drug-likeness (QED) is 0.128. The number of carbonyl (C=O) groups is 1. The fourth-order valence-corrected chi connectivity index (χ4v) is 2.76. The lowest BCUT2D eigenvalue weighted by molar-refractivity contribution is -0.116. The van der Waals surface area contributed by atoms with Crippen molar-refractivity contribution >= 4 is 41.9 Å². The standard InChI is InChI=1S/C21H31N7O.C4H7NO.C2H6/c1-7-18-19(28(6)15-22-2)13-20(24-4)26-21(18)25-12-10-8-9-11-17(23-3)14-27(5)16-29;1-4(5-6)2-3-4;1-2/h7-11,13,15-16H,1,12,14H2,2-6H3,(H2,24,25,26);2-3H2,1H3;1-2H3/b10-8+,11-9-,22-15?,23-17?;;. The number of pyridine rings is 1. The van der Waals surface area contributed by atoms with Crippen molar-refractivity contribution in [3.63, 3.8) is 0 Å². The number of rotatable bonds is 13. The minimum Gasteiger partial charge on any atom is -0.373 e. The van der Waals surface area contributed by atoms with E-state index in [0.29, 0.717) is 13.1 Å². The van der Waals surface area contributed by atoms with E-state index in [1.165, 1.54) is 4.90 Å². The minimum absolute atomic E-state index is 0.139. The number of nitroso groups, excluding NO2 is 1. The molecule has 1 saturated carbocycles. The first-order valence-corrected chi connectivity index (χ1v) is 12.3. The maximum absolute atomic E-state index is 10.7. The number of allylic oxidation sites excluding steroid dienone is 2. The van der Waals surface area contributed by atoms with Crippen molar-refractivity contribution < 1.29 is 4.79 Å². The Labute approximate surface area is 222 Å². The number of nitrogens with one attached hydrogen (secondary N) is 2. The Hall–Kier alpha value is -3.82. The van der Waals surface area contributed by atoms with Crippen LogP contribution in [0.2, 0.25) is 0 Å². The lowest BCUT2D eigenvalue weighted by Crippen LogP contribution is -2.23. The molecular formula is C27H44N8O2. The van der Waals surface area contributed by atoms with E-state index in [-0.39, 0.29) is 5.54 Å². The van der Waals surface area contributed by atoms with Crippen LogP contribution >= 0.6 is 0 Å². The van der Waals surface area contributed by atoms with Gasteiger partial charge in [-0.2, -0.15) is 4.91 Å². The topological polar surface area (TPSA) is 115 Å². The molecule has 1 aromatic rings. The van der Waals surface area contributed by atoms with E-state index in [4.69, 9.17) is 0 Å². The molecular weight excluding hydrogens is 468 g/mol. The summed E-state index contributed by atoms with van der Waals surface area (Å²) in [6.45, 7) is 10.9. The first-order chi connectivity index (χ1) is 17.8. The normalized spacial score (nSPS) is 13.8. The van der Waals surface area contributed by atoms with Crippen molar-refractivity contribution in [1.29, 1.82) is 0 Å². The number of hydrogen-bond donors (Lipinski definition) is 2. The molecule has 204 valence electrons. The van der Waals surface area contributed by atoms with Crippen molar-refractivity contribution in [1.82, 2.24) is 9.88 Å². The van der Waals surface area contributed by atoms with Crippen LogP contribution in [0.3, 0.4) is 0 Å². The van der Waals surface area contributed by atoms with Crippen molar-refractivity contribution in [3.05, 3.63) is 47.4 Å². The summed E-state index contributed by atoms with van der Waals surface area (Å²) in [6, 6.07) is 1.95. The summed E-state index contributed by atoms with van der Waals surface area (Å²) in [6.07, 6.45) is 14.0. The van der Waals surface area contributed by atoms with Crippen molar-refractivity contribution in [2.75, 3.05) is 63.9 Å². The van der Waals surface area contributed by atoms with Crippen molar-refractivity contribution in [2.45, 2.75) is 39.2 Å². The van der Waals surface area contributed by atoms with Crippen LogP contribution in [-0.4, -0.2) is 82.2 Å². The average Bonchev–Trinajstić information content (AvgIpc) is 3.68. The molecule has 0 saturated heterocycles. The zero-order chi connectivity index (χ0) is 28.3. The van der Waals surface area contributed by atoms with E-state index < -0.39 is 0 Å². The summed E-state index contributed by atoms with van der Waals surface area (Å²) in [7, 11) is 8.91. The molecule has 1 fully saturated rings. The van der Waals surface area contributed by atoms with Crippen LogP contribution < -0.4 is 15.5 Å². The number of aliphatic imine (C=N–C) groups is 2. The summed E-state index contributed by atoms with van der Waals surface area (Å²) in [4.78, 5) is 36.6. The number of nitrogens with zero attached hydrogens (tertiary/aromatic N) is 6. The number of anilines is 3. The molecule has 37 heavy (non-hydrogen) atoms. The molecule has 0 spiro atoms. The summed E-state index contributed by atoms with van der Waals surface area (Å²) < 4.78 is 0. The van der Waals surface area contributed by atoms with Gasteiger partial charge in [0.1, 0.15) is 17.2 Å². The van der Waals surface area contributed by atoms with Crippen molar-refractivity contribution in [2.24, 2.45) is 15.2 Å². The van der Waals surface area contributed by atoms with Gasteiger partial charge in [-0.25, -0.2) is 4.98 Å². The predicted octanol–water partition coefficient (Wildman–Crippen LogP) is 4.88. The molecule has 10 heteroatoms. The zero-order valence-corrected chi connectivity index (χ0v) is 23.7. The number of hydrogen-bond acceptors (Lipinski definition) is 8. The molecule has 10 nitrogen and oxygen atoms in total. The Morgan fingerprint density at radius 2 is 1.92 bits per heavy atom. The van der Waals surface area contributed by atoms with Gasteiger partial charge in [-0.3, -0.25) is 14.8 Å². The van der Waals surface area contributed by atoms with E-state index in [9.17, 15) is 9.70 Å². The van der Waals surface area contributed by atoms with Crippen LogP contribution in [0.25, 0.3) is 6.08 Å².